The summed E-state index contributed by atoms with van der Waals surface area (Å²) < 4.78 is 5.71. The molecule has 0 bridgehead atoms. The Morgan fingerprint density at radius 1 is 0.973 bits per heavy atom. The number of rotatable bonds is 11. The first-order valence-electron chi connectivity index (χ1n) is 13.2. The molecule has 0 aromatic rings. The number of primary amides is 1. The summed E-state index contributed by atoms with van der Waals surface area (Å²) in [5.74, 6) is -2.70. The summed E-state index contributed by atoms with van der Waals surface area (Å²) in [6.07, 6.45) is 4.60. The molecule has 5 N–H and O–H groups in total. The Morgan fingerprint density at radius 3 is 2.08 bits per heavy atom. The van der Waals surface area contributed by atoms with Crippen molar-refractivity contribution in [2.45, 2.75) is 104 Å². The maximum Gasteiger partial charge on any atom is 0.315 e. The molecule has 1 heterocycles. The van der Waals surface area contributed by atoms with Crippen molar-refractivity contribution in [2.24, 2.45) is 17.1 Å². The number of carbonyl (C=O) groups excluding carboxylic acids is 5. The summed E-state index contributed by atoms with van der Waals surface area (Å²) in [7, 11) is 0. The Hall–Kier alpha value is -2.69. The summed E-state index contributed by atoms with van der Waals surface area (Å²) in [5.41, 5.74) is 4.05. The molecule has 210 valence electrons. The van der Waals surface area contributed by atoms with E-state index in [2.05, 4.69) is 16.0 Å². The minimum Gasteiger partial charge on any atom is -0.376 e. The first-order chi connectivity index (χ1) is 17.1. The lowest BCUT2D eigenvalue weighted by Gasteiger charge is -2.36. The van der Waals surface area contributed by atoms with Gasteiger partial charge in [-0.2, -0.15) is 0 Å². The topological polar surface area (TPSA) is 160 Å². The summed E-state index contributed by atoms with van der Waals surface area (Å²) >= 11 is 0. The van der Waals surface area contributed by atoms with Crippen molar-refractivity contribution < 1.29 is 28.7 Å². The van der Waals surface area contributed by atoms with Crippen LogP contribution in [-0.2, 0) is 23.9 Å². The van der Waals surface area contributed by atoms with E-state index in [-0.39, 0.29) is 25.1 Å². The smallest absolute Gasteiger partial charge is 0.315 e. The Morgan fingerprint density at radius 2 is 1.62 bits per heavy atom. The van der Waals surface area contributed by atoms with E-state index in [0.29, 0.717) is 13.0 Å². The third-order valence-electron chi connectivity index (χ3n) is 6.66. The van der Waals surface area contributed by atoms with Gasteiger partial charge in [0, 0.05) is 18.7 Å². The number of Topliss-reactive ketones (excluding diaryl/α,β-unsaturated/α-hetero) is 1. The van der Waals surface area contributed by atoms with Crippen molar-refractivity contribution in [1.82, 2.24) is 20.9 Å². The fraction of sp³-hybridized carbons (Fsp3) is 0.808. The molecule has 0 radical (unpaired) electrons. The van der Waals surface area contributed by atoms with E-state index in [0.717, 1.165) is 32.1 Å². The van der Waals surface area contributed by atoms with Crippen molar-refractivity contribution in [3.05, 3.63) is 0 Å². The lowest BCUT2D eigenvalue weighted by atomic mass is 9.80. The monoisotopic (exact) mass is 523 g/mol. The third-order valence-corrected chi connectivity index (χ3v) is 6.66. The molecule has 0 aromatic carbocycles. The fourth-order valence-corrected chi connectivity index (χ4v) is 4.48. The van der Waals surface area contributed by atoms with Gasteiger partial charge in [0.1, 0.15) is 6.04 Å². The first kappa shape index (κ1) is 30.5. The predicted octanol–water partition coefficient (Wildman–Crippen LogP) is 1.24. The van der Waals surface area contributed by atoms with Gasteiger partial charge in [0.2, 0.25) is 17.6 Å². The molecule has 1 saturated heterocycles. The summed E-state index contributed by atoms with van der Waals surface area (Å²) in [4.78, 5) is 64.8. The molecule has 37 heavy (non-hydrogen) atoms. The van der Waals surface area contributed by atoms with Crippen LogP contribution in [0.5, 0.6) is 0 Å². The average Bonchev–Trinajstić information content (AvgIpc) is 3.23. The second-order valence-corrected chi connectivity index (χ2v) is 12.4. The molecule has 2 rings (SSSR count). The van der Waals surface area contributed by atoms with Gasteiger partial charge in [0.05, 0.1) is 18.7 Å². The van der Waals surface area contributed by atoms with Gasteiger partial charge in [0.15, 0.2) is 0 Å². The number of nitrogens with zero attached hydrogens (tertiary/aromatic N) is 1. The van der Waals surface area contributed by atoms with E-state index in [9.17, 15) is 24.0 Å². The lowest BCUT2D eigenvalue weighted by molar-refractivity contribution is -0.142. The van der Waals surface area contributed by atoms with Crippen LogP contribution in [0.3, 0.4) is 0 Å². The number of urea groups is 1. The van der Waals surface area contributed by atoms with E-state index in [4.69, 9.17) is 10.5 Å². The zero-order valence-corrected chi connectivity index (χ0v) is 23.1. The molecule has 0 aromatic heterocycles. The SMILES string of the molecule is CC(C)(C)NC(=O)N[C@H](C(=O)N(CC(=O)NC(CC1CCC1)C(=O)C(N)=O)CC1CCCO1)C(C)(C)C. The van der Waals surface area contributed by atoms with Crippen LogP contribution in [0, 0.1) is 11.3 Å². The zero-order valence-electron chi connectivity index (χ0n) is 23.1. The van der Waals surface area contributed by atoms with Crippen LogP contribution in [0.2, 0.25) is 0 Å². The molecule has 0 spiro atoms. The Kier molecular flexibility index (Phi) is 10.5. The first-order valence-corrected chi connectivity index (χ1v) is 13.2. The highest BCUT2D eigenvalue weighted by atomic mass is 16.5. The molecule has 1 saturated carbocycles. The van der Waals surface area contributed by atoms with Crippen LogP contribution in [0.25, 0.3) is 0 Å². The van der Waals surface area contributed by atoms with E-state index < -0.39 is 52.6 Å². The predicted molar refractivity (Wildman–Crippen MR) is 138 cm³/mol. The molecule has 5 amide bonds. The molecule has 11 nitrogen and oxygen atoms in total. The number of amides is 5. The molecule has 1 aliphatic carbocycles. The largest absolute Gasteiger partial charge is 0.376 e. The number of ether oxygens (including phenoxy) is 1. The van der Waals surface area contributed by atoms with Gasteiger partial charge in [-0.25, -0.2) is 4.79 Å². The minimum absolute atomic E-state index is 0.165. The van der Waals surface area contributed by atoms with Crippen LogP contribution in [0.15, 0.2) is 0 Å². The van der Waals surface area contributed by atoms with Crippen LogP contribution in [0.1, 0.15) is 80.1 Å². The normalized spacial score (nSPS) is 19.8. The molecule has 2 unspecified atom stereocenters. The van der Waals surface area contributed by atoms with Crippen molar-refractivity contribution >= 4 is 29.5 Å². The van der Waals surface area contributed by atoms with Gasteiger partial charge in [-0.3, -0.25) is 19.2 Å². The highest BCUT2D eigenvalue weighted by Crippen LogP contribution is 2.30. The van der Waals surface area contributed by atoms with Gasteiger partial charge < -0.3 is 31.3 Å². The Labute approximate surface area is 220 Å². The number of hydrogen-bond donors (Lipinski definition) is 4. The number of hydrogen-bond acceptors (Lipinski definition) is 6. The Bertz CT molecular complexity index is 852. The standard InChI is InChI=1S/C26H45N5O6/c1-25(2,3)21(29-24(36)30-26(4,5)6)23(35)31(14-17-11-8-12-37-17)15-19(32)28-18(20(33)22(27)34)13-16-9-7-10-16/h16-18,21H,7-15H2,1-6H3,(H2,27,34)(H,28,32)(H2,29,30,36)/t17?,18?,21-/m1/s1. The maximum absolute atomic E-state index is 13.8. The molecule has 1 aliphatic heterocycles. The van der Waals surface area contributed by atoms with E-state index >= 15 is 0 Å². The van der Waals surface area contributed by atoms with Crippen molar-refractivity contribution in [2.75, 3.05) is 19.7 Å². The van der Waals surface area contributed by atoms with Crippen molar-refractivity contribution in [3.63, 3.8) is 0 Å². The van der Waals surface area contributed by atoms with Crippen LogP contribution < -0.4 is 21.7 Å². The Balaban J connectivity index is 2.20. The van der Waals surface area contributed by atoms with Gasteiger partial charge in [-0.05, 0) is 51.4 Å². The van der Waals surface area contributed by atoms with E-state index in [1.807, 2.05) is 41.5 Å². The highest BCUT2D eigenvalue weighted by Gasteiger charge is 2.38. The van der Waals surface area contributed by atoms with Gasteiger partial charge in [-0.1, -0.05) is 40.0 Å². The summed E-state index contributed by atoms with van der Waals surface area (Å²) in [6.45, 7) is 11.4. The van der Waals surface area contributed by atoms with Gasteiger partial charge in [-0.15, -0.1) is 0 Å². The number of nitrogens with one attached hydrogen (secondary N) is 3. The van der Waals surface area contributed by atoms with Crippen LogP contribution in [-0.4, -0.2) is 77.9 Å². The second-order valence-electron chi connectivity index (χ2n) is 12.4. The third kappa shape index (κ3) is 9.94. The second kappa shape index (κ2) is 12.7. The average molecular weight is 524 g/mol. The summed E-state index contributed by atoms with van der Waals surface area (Å²) in [5, 5.41) is 8.21. The van der Waals surface area contributed by atoms with Gasteiger partial charge >= 0.3 is 6.03 Å². The maximum atomic E-state index is 13.8. The molecular weight excluding hydrogens is 478 g/mol. The molecule has 2 aliphatic rings. The van der Waals surface area contributed by atoms with E-state index in [1.165, 1.54) is 4.90 Å². The van der Waals surface area contributed by atoms with Crippen LogP contribution >= 0.6 is 0 Å². The number of nitrogens with two attached hydrogens (primary N) is 1. The molecular formula is C26H45N5O6. The van der Waals surface area contributed by atoms with Crippen molar-refractivity contribution in [1.29, 1.82) is 0 Å². The fourth-order valence-electron chi connectivity index (χ4n) is 4.48. The lowest BCUT2D eigenvalue weighted by Crippen LogP contribution is -2.60. The number of carbonyl (C=O) groups is 5. The van der Waals surface area contributed by atoms with Gasteiger partial charge in [0.25, 0.3) is 5.91 Å². The van der Waals surface area contributed by atoms with Crippen molar-refractivity contribution in [3.8, 4) is 0 Å². The number of ketones is 1. The molecule has 3 atom stereocenters. The molecule has 11 heteroatoms. The highest BCUT2D eigenvalue weighted by molar-refractivity contribution is 6.37. The summed E-state index contributed by atoms with van der Waals surface area (Å²) in [6, 6.07) is -2.44. The van der Waals surface area contributed by atoms with E-state index in [1.54, 1.807) is 0 Å². The zero-order chi connectivity index (χ0) is 28.0. The molecule has 2 fully saturated rings. The quantitative estimate of drug-likeness (QED) is 0.298. The van der Waals surface area contributed by atoms with Crippen LogP contribution in [0.4, 0.5) is 4.79 Å². The minimum atomic E-state index is -1.10.